The second kappa shape index (κ2) is 4.06. The first-order valence-electron chi connectivity index (χ1n) is 4.83. The first-order valence-corrected chi connectivity index (χ1v) is 4.83. The third-order valence-electron chi connectivity index (χ3n) is 2.29. The van der Waals surface area contributed by atoms with Crippen molar-refractivity contribution in [3.8, 4) is 0 Å². The molecule has 1 amide bonds. The van der Waals surface area contributed by atoms with Gasteiger partial charge in [-0.3, -0.25) is 9.89 Å². The average Bonchev–Trinajstić information content (AvgIpc) is 2.74. The molecule has 0 bridgehead atoms. The molecule has 0 spiro atoms. The molecular weight excluding hydrogens is 204 g/mol. The van der Waals surface area contributed by atoms with Gasteiger partial charge in [0.1, 0.15) is 0 Å². The highest BCUT2D eigenvalue weighted by atomic mass is 16.1. The smallest absolute Gasteiger partial charge is 0.255 e. The summed E-state index contributed by atoms with van der Waals surface area (Å²) in [6, 6.07) is 5.17. The van der Waals surface area contributed by atoms with E-state index in [0.29, 0.717) is 16.9 Å². The number of aromatic amines is 1. The molecule has 0 saturated heterocycles. The van der Waals surface area contributed by atoms with Crippen LogP contribution in [-0.4, -0.2) is 16.1 Å². The number of nitrogens with zero attached hydrogens (tertiary/aromatic N) is 1. The number of aryl methyl sites for hydroxylation is 1. The van der Waals surface area contributed by atoms with Crippen LogP contribution in [0.1, 0.15) is 15.9 Å². The number of amides is 1. The van der Waals surface area contributed by atoms with Gasteiger partial charge in [-0.1, -0.05) is 0 Å². The molecule has 5 heteroatoms. The van der Waals surface area contributed by atoms with Crippen molar-refractivity contribution in [3.05, 3.63) is 41.7 Å². The normalized spacial score (nSPS) is 10.1. The SMILES string of the molecule is Cc1cc(C(=O)Nc2cn[nH]c2)ccc1N. The van der Waals surface area contributed by atoms with Gasteiger partial charge < -0.3 is 11.1 Å². The number of benzene rings is 1. The lowest BCUT2D eigenvalue weighted by atomic mass is 10.1. The van der Waals surface area contributed by atoms with E-state index >= 15 is 0 Å². The standard InChI is InChI=1S/C11H12N4O/c1-7-4-8(2-3-10(7)12)11(16)15-9-5-13-14-6-9/h2-6H,12H2,1H3,(H,13,14)(H,15,16). The topological polar surface area (TPSA) is 83.8 Å². The van der Waals surface area contributed by atoms with E-state index in [9.17, 15) is 4.79 Å². The molecule has 0 fully saturated rings. The third kappa shape index (κ3) is 2.03. The first-order chi connectivity index (χ1) is 7.66. The van der Waals surface area contributed by atoms with Crippen LogP contribution in [0.4, 0.5) is 11.4 Å². The Bertz CT molecular complexity index is 505. The van der Waals surface area contributed by atoms with Crippen molar-refractivity contribution in [1.82, 2.24) is 10.2 Å². The van der Waals surface area contributed by atoms with Crippen molar-refractivity contribution < 1.29 is 4.79 Å². The molecule has 0 radical (unpaired) electrons. The monoisotopic (exact) mass is 216 g/mol. The summed E-state index contributed by atoms with van der Waals surface area (Å²) in [7, 11) is 0. The van der Waals surface area contributed by atoms with Gasteiger partial charge in [-0.2, -0.15) is 5.10 Å². The van der Waals surface area contributed by atoms with E-state index in [1.165, 1.54) is 0 Å². The lowest BCUT2D eigenvalue weighted by Crippen LogP contribution is -2.11. The van der Waals surface area contributed by atoms with Crippen molar-refractivity contribution >= 4 is 17.3 Å². The Hall–Kier alpha value is -2.30. The second-order valence-electron chi connectivity index (χ2n) is 3.51. The number of aromatic nitrogens is 2. The Kier molecular flexibility index (Phi) is 2.59. The zero-order valence-electron chi connectivity index (χ0n) is 8.82. The van der Waals surface area contributed by atoms with Crippen LogP contribution in [0.3, 0.4) is 0 Å². The van der Waals surface area contributed by atoms with Crippen molar-refractivity contribution in [2.24, 2.45) is 0 Å². The van der Waals surface area contributed by atoms with Crippen molar-refractivity contribution in [2.75, 3.05) is 11.1 Å². The first kappa shape index (κ1) is 10.2. The summed E-state index contributed by atoms with van der Waals surface area (Å²) in [6.07, 6.45) is 3.16. The average molecular weight is 216 g/mol. The van der Waals surface area contributed by atoms with Gasteiger partial charge in [0.15, 0.2) is 0 Å². The van der Waals surface area contributed by atoms with Crippen LogP contribution in [-0.2, 0) is 0 Å². The summed E-state index contributed by atoms with van der Waals surface area (Å²) in [5, 5.41) is 9.07. The molecule has 0 aliphatic carbocycles. The predicted octanol–water partition coefficient (Wildman–Crippen LogP) is 1.55. The Morgan fingerprint density at radius 3 is 2.94 bits per heavy atom. The fourth-order valence-electron chi connectivity index (χ4n) is 1.34. The van der Waals surface area contributed by atoms with E-state index in [0.717, 1.165) is 5.56 Å². The number of H-pyrrole nitrogens is 1. The Balaban J connectivity index is 2.18. The van der Waals surface area contributed by atoms with Gasteiger partial charge in [0.25, 0.3) is 5.91 Å². The molecule has 0 saturated carbocycles. The van der Waals surface area contributed by atoms with Crippen molar-refractivity contribution in [1.29, 1.82) is 0 Å². The van der Waals surface area contributed by atoms with Crippen LogP contribution >= 0.6 is 0 Å². The molecule has 1 aromatic heterocycles. The number of hydrogen-bond donors (Lipinski definition) is 3. The van der Waals surface area contributed by atoms with E-state index in [1.807, 2.05) is 6.92 Å². The summed E-state index contributed by atoms with van der Waals surface area (Å²) in [5.41, 5.74) is 8.46. The Morgan fingerprint density at radius 1 is 1.50 bits per heavy atom. The zero-order valence-corrected chi connectivity index (χ0v) is 8.82. The number of nitrogens with two attached hydrogens (primary N) is 1. The molecular formula is C11H12N4O. The molecule has 0 aliphatic rings. The Morgan fingerprint density at radius 2 is 2.31 bits per heavy atom. The summed E-state index contributed by atoms with van der Waals surface area (Å²) in [5.74, 6) is -0.176. The highest BCUT2D eigenvalue weighted by Gasteiger charge is 2.07. The molecule has 2 rings (SSSR count). The highest BCUT2D eigenvalue weighted by Crippen LogP contribution is 2.14. The van der Waals surface area contributed by atoms with E-state index in [1.54, 1.807) is 30.6 Å². The van der Waals surface area contributed by atoms with E-state index < -0.39 is 0 Å². The molecule has 1 heterocycles. The number of carbonyl (C=O) groups is 1. The van der Waals surface area contributed by atoms with Crippen LogP contribution in [0, 0.1) is 6.92 Å². The largest absolute Gasteiger partial charge is 0.399 e. The quantitative estimate of drug-likeness (QED) is 0.666. The van der Waals surface area contributed by atoms with Gasteiger partial charge in [-0.05, 0) is 30.7 Å². The fourth-order valence-corrected chi connectivity index (χ4v) is 1.34. The fraction of sp³-hybridized carbons (Fsp3) is 0.0909. The minimum absolute atomic E-state index is 0.176. The second-order valence-corrected chi connectivity index (χ2v) is 3.51. The van der Waals surface area contributed by atoms with Gasteiger partial charge in [0, 0.05) is 17.4 Å². The van der Waals surface area contributed by atoms with E-state index in [4.69, 9.17) is 5.73 Å². The minimum Gasteiger partial charge on any atom is -0.399 e. The van der Waals surface area contributed by atoms with Crippen LogP contribution in [0.25, 0.3) is 0 Å². The number of nitrogen functional groups attached to an aromatic ring is 1. The van der Waals surface area contributed by atoms with E-state index in [-0.39, 0.29) is 5.91 Å². The van der Waals surface area contributed by atoms with Crippen molar-refractivity contribution in [3.63, 3.8) is 0 Å². The maximum atomic E-state index is 11.8. The minimum atomic E-state index is -0.176. The van der Waals surface area contributed by atoms with Crippen LogP contribution < -0.4 is 11.1 Å². The lowest BCUT2D eigenvalue weighted by molar-refractivity contribution is 0.102. The number of nitrogens with one attached hydrogen (secondary N) is 2. The van der Waals surface area contributed by atoms with Crippen LogP contribution in [0.15, 0.2) is 30.6 Å². The maximum Gasteiger partial charge on any atom is 0.255 e. The molecule has 0 aliphatic heterocycles. The number of rotatable bonds is 2. The van der Waals surface area contributed by atoms with E-state index in [2.05, 4.69) is 15.5 Å². The zero-order chi connectivity index (χ0) is 11.5. The van der Waals surface area contributed by atoms with Gasteiger partial charge in [-0.25, -0.2) is 0 Å². The predicted molar refractivity (Wildman–Crippen MR) is 62.1 cm³/mol. The number of hydrogen-bond acceptors (Lipinski definition) is 3. The number of carbonyl (C=O) groups excluding carboxylic acids is 1. The molecule has 4 N–H and O–H groups in total. The lowest BCUT2D eigenvalue weighted by Gasteiger charge is -2.05. The molecule has 1 aromatic carbocycles. The van der Waals surface area contributed by atoms with Crippen LogP contribution in [0.5, 0.6) is 0 Å². The molecule has 16 heavy (non-hydrogen) atoms. The summed E-state index contributed by atoms with van der Waals surface area (Å²) in [6.45, 7) is 1.87. The van der Waals surface area contributed by atoms with Gasteiger partial charge >= 0.3 is 0 Å². The third-order valence-corrected chi connectivity index (χ3v) is 2.29. The van der Waals surface area contributed by atoms with Gasteiger partial charge in [-0.15, -0.1) is 0 Å². The number of anilines is 2. The van der Waals surface area contributed by atoms with Gasteiger partial charge in [0.2, 0.25) is 0 Å². The Labute approximate surface area is 92.7 Å². The molecule has 82 valence electrons. The van der Waals surface area contributed by atoms with Crippen LogP contribution in [0.2, 0.25) is 0 Å². The molecule has 0 unspecified atom stereocenters. The summed E-state index contributed by atoms with van der Waals surface area (Å²) >= 11 is 0. The molecule has 2 aromatic rings. The molecule has 0 atom stereocenters. The summed E-state index contributed by atoms with van der Waals surface area (Å²) < 4.78 is 0. The highest BCUT2D eigenvalue weighted by molar-refractivity contribution is 6.04. The van der Waals surface area contributed by atoms with Crippen molar-refractivity contribution in [2.45, 2.75) is 6.92 Å². The molecule has 5 nitrogen and oxygen atoms in total. The van der Waals surface area contributed by atoms with Gasteiger partial charge in [0.05, 0.1) is 11.9 Å². The summed E-state index contributed by atoms with van der Waals surface area (Å²) in [4.78, 5) is 11.8. The maximum absolute atomic E-state index is 11.8.